The molecule has 150 valence electrons. The molecule has 3 heterocycles. The molecule has 2 saturated heterocycles. The zero-order valence-corrected chi connectivity index (χ0v) is 17.0. The minimum absolute atomic E-state index is 0.0979. The predicted molar refractivity (Wildman–Crippen MR) is 114 cm³/mol. The van der Waals surface area contributed by atoms with Crippen molar-refractivity contribution < 1.29 is 5.11 Å². The third kappa shape index (κ3) is 4.28. The topological polar surface area (TPSA) is 55.7 Å². The third-order valence-electron chi connectivity index (χ3n) is 6.09. The van der Waals surface area contributed by atoms with Crippen molar-refractivity contribution in [3.8, 4) is 11.3 Å². The summed E-state index contributed by atoms with van der Waals surface area (Å²) >= 11 is 0. The number of hydrogen-bond acceptors (Lipinski definition) is 6. The molecule has 6 nitrogen and oxygen atoms in total. The first-order valence-corrected chi connectivity index (χ1v) is 10.4. The molecule has 2 aromatic rings. The second kappa shape index (κ2) is 8.45. The van der Waals surface area contributed by atoms with Gasteiger partial charge in [0.25, 0.3) is 0 Å². The van der Waals surface area contributed by atoms with Crippen LogP contribution in [0.1, 0.15) is 25.7 Å². The lowest BCUT2D eigenvalue weighted by atomic mass is 9.99. The first-order valence-electron chi connectivity index (χ1n) is 10.4. The quantitative estimate of drug-likeness (QED) is 0.879. The van der Waals surface area contributed by atoms with Crippen LogP contribution in [0.15, 0.2) is 36.5 Å². The van der Waals surface area contributed by atoms with Crippen molar-refractivity contribution in [1.82, 2.24) is 14.9 Å². The summed E-state index contributed by atoms with van der Waals surface area (Å²) in [6.45, 7) is 4.04. The van der Waals surface area contributed by atoms with Gasteiger partial charge in [0.1, 0.15) is 0 Å². The maximum Gasteiger partial charge on any atom is 0.225 e. The lowest BCUT2D eigenvalue weighted by Gasteiger charge is -2.41. The van der Waals surface area contributed by atoms with E-state index in [2.05, 4.69) is 43.9 Å². The number of aromatic nitrogens is 2. The summed E-state index contributed by atoms with van der Waals surface area (Å²) < 4.78 is 0. The standard InChI is InChI=1S/C22H31N5O/c1-25(2)18-5-3-17(4-6-18)21-7-12-23-22(24-21)27-13-8-19(9-14-27)26-15-10-20(28)11-16-26/h3-7,12,19-20,28H,8-11,13-16H2,1-2H3. The number of piperidine rings is 2. The molecule has 0 spiro atoms. The Labute approximate surface area is 167 Å². The summed E-state index contributed by atoms with van der Waals surface area (Å²) in [4.78, 5) is 16.4. The lowest BCUT2D eigenvalue weighted by molar-refractivity contribution is 0.0541. The third-order valence-corrected chi connectivity index (χ3v) is 6.09. The number of aliphatic hydroxyl groups excluding tert-OH is 1. The number of benzene rings is 1. The zero-order valence-electron chi connectivity index (χ0n) is 17.0. The van der Waals surface area contributed by atoms with E-state index >= 15 is 0 Å². The van der Waals surface area contributed by atoms with E-state index in [1.54, 1.807) is 0 Å². The molecular formula is C22H31N5O. The Balaban J connectivity index is 1.40. The molecule has 0 bridgehead atoms. The number of hydrogen-bond donors (Lipinski definition) is 1. The Morgan fingerprint density at radius 3 is 2.25 bits per heavy atom. The van der Waals surface area contributed by atoms with Crippen molar-refractivity contribution in [3.05, 3.63) is 36.5 Å². The van der Waals surface area contributed by atoms with Gasteiger partial charge in [-0.3, -0.25) is 0 Å². The molecule has 28 heavy (non-hydrogen) atoms. The Kier molecular flexibility index (Phi) is 5.78. The van der Waals surface area contributed by atoms with Crippen molar-refractivity contribution in [2.75, 3.05) is 50.1 Å². The summed E-state index contributed by atoms with van der Waals surface area (Å²) in [5, 5.41) is 9.72. The molecule has 2 aliphatic rings. The van der Waals surface area contributed by atoms with Crippen LogP contribution < -0.4 is 9.80 Å². The monoisotopic (exact) mass is 381 g/mol. The van der Waals surface area contributed by atoms with E-state index in [1.165, 1.54) is 5.69 Å². The highest BCUT2D eigenvalue weighted by atomic mass is 16.3. The van der Waals surface area contributed by atoms with Gasteiger partial charge < -0.3 is 19.8 Å². The predicted octanol–water partition coefficient (Wildman–Crippen LogP) is 2.64. The largest absolute Gasteiger partial charge is 0.393 e. The van der Waals surface area contributed by atoms with Gasteiger partial charge in [-0.2, -0.15) is 0 Å². The number of rotatable bonds is 4. The molecule has 0 unspecified atom stereocenters. The van der Waals surface area contributed by atoms with Crippen LogP contribution in [0.2, 0.25) is 0 Å². The number of aliphatic hydroxyl groups is 1. The Bertz CT molecular complexity index is 763. The molecule has 0 atom stereocenters. The molecule has 0 amide bonds. The lowest BCUT2D eigenvalue weighted by Crippen LogP contribution is -2.48. The average Bonchev–Trinajstić information content (AvgIpc) is 2.75. The van der Waals surface area contributed by atoms with Gasteiger partial charge in [0.05, 0.1) is 11.8 Å². The van der Waals surface area contributed by atoms with Crippen LogP contribution in [0.5, 0.6) is 0 Å². The molecule has 4 rings (SSSR count). The zero-order chi connectivity index (χ0) is 19.5. The minimum atomic E-state index is -0.0979. The summed E-state index contributed by atoms with van der Waals surface area (Å²) in [6.07, 6.45) is 5.88. The highest BCUT2D eigenvalue weighted by Crippen LogP contribution is 2.25. The smallest absolute Gasteiger partial charge is 0.225 e. The number of likely N-dealkylation sites (tertiary alicyclic amines) is 1. The maximum absolute atomic E-state index is 9.72. The molecule has 1 aromatic heterocycles. The summed E-state index contributed by atoms with van der Waals surface area (Å²) in [7, 11) is 4.10. The minimum Gasteiger partial charge on any atom is -0.393 e. The second-order valence-corrected chi connectivity index (χ2v) is 8.17. The fourth-order valence-electron chi connectivity index (χ4n) is 4.27. The fourth-order valence-corrected chi connectivity index (χ4v) is 4.27. The molecule has 1 N–H and O–H groups in total. The highest BCUT2D eigenvalue weighted by molar-refractivity contribution is 5.63. The van der Waals surface area contributed by atoms with Crippen LogP contribution in [0.3, 0.4) is 0 Å². The molecule has 0 radical (unpaired) electrons. The van der Waals surface area contributed by atoms with Gasteiger partial charge in [-0.1, -0.05) is 12.1 Å². The molecule has 0 saturated carbocycles. The van der Waals surface area contributed by atoms with Crippen LogP contribution in [-0.2, 0) is 0 Å². The van der Waals surface area contributed by atoms with Crippen LogP contribution in [0.25, 0.3) is 11.3 Å². The van der Waals surface area contributed by atoms with Crippen LogP contribution in [-0.4, -0.2) is 72.4 Å². The van der Waals surface area contributed by atoms with Gasteiger partial charge in [-0.25, -0.2) is 9.97 Å². The Morgan fingerprint density at radius 1 is 0.929 bits per heavy atom. The van der Waals surface area contributed by atoms with Gasteiger partial charge in [0.15, 0.2) is 0 Å². The van der Waals surface area contributed by atoms with E-state index in [-0.39, 0.29) is 6.10 Å². The SMILES string of the molecule is CN(C)c1ccc(-c2ccnc(N3CCC(N4CCC(O)CC4)CC3)n2)cc1. The van der Waals surface area contributed by atoms with Crippen LogP contribution in [0.4, 0.5) is 11.6 Å². The van der Waals surface area contributed by atoms with E-state index in [1.807, 2.05) is 26.4 Å². The van der Waals surface area contributed by atoms with Crippen molar-refractivity contribution >= 4 is 11.6 Å². The van der Waals surface area contributed by atoms with E-state index in [0.717, 1.165) is 69.1 Å². The number of nitrogens with zero attached hydrogens (tertiary/aromatic N) is 5. The van der Waals surface area contributed by atoms with Gasteiger partial charge in [0.2, 0.25) is 5.95 Å². The fraction of sp³-hybridized carbons (Fsp3) is 0.545. The van der Waals surface area contributed by atoms with Gasteiger partial charge in [-0.15, -0.1) is 0 Å². The molecule has 0 aliphatic carbocycles. The van der Waals surface area contributed by atoms with Gasteiger partial charge >= 0.3 is 0 Å². The molecule has 1 aromatic carbocycles. The second-order valence-electron chi connectivity index (χ2n) is 8.17. The highest BCUT2D eigenvalue weighted by Gasteiger charge is 2.28. The van der Waals surface area contributed by atoms with E-state index < -0.39 is 0 Å². The van der Waals surface area contributed by atoms with Crippen molar-refractivity contribution in [2.24, 2.45) is 0 Å². The maximum atomic E-state index is 9.72. The van der Waals surface area contributed by atoms with E-state index in [4.69, 9.17) is 4.98 Å². The van der Waals surface area contributed by atoms with Crippen LogP contribution >= 0.6 is 0 Å². The molecular weight excluding hydrogens is 350 g/mol. The van der Waals surface area contributed by atoms with E-state index in [0.29, 0.717) is 6.04 Å². The summed E-state index contributed by atoms with van der Waals surface area (Å²) in [6, 6.07) is 11.1. The molecule has 2 fully saturated rings. The molecule has 6 heteroatoms. The van der Waals surface area contributed by atoms with Crippen LogP contribution in [0, 0.1) is 0 Å². The Morgan fingerprint density at radius 2 is 1.61 bits per heavy atom. The molecule has 2 aliphatic heterocycles. The van der Waals surface area contributed by atoms with E-state index in [9.17, 15) is 5.11 Å². The van der Waals surface area contributed by atoms with Crippen molar-refractivity contribution in [3.63, 3.8) is 0 Å². The van der Waals surface area contributed by atoms with Gasteiger partial charge in [-0.05, 0) is 43.9 Å². The first kappa shape index (κ1) is 19.2. The summed E-state index contributed by atoms with van der Waals surface area (Å²) in [5.74, 6) is 0.835. The first-order chi connectivity index (χ1) is 13.6. The summed E-state index contributed by atoms with van der Waals surface area (Å²) in [5.41, 5.74) is 3.28. The van der Waals surface area contributed by atoms with Crippen molar-refractivity contribution in [1.29, 1.82) is 0 Å². The van der Waals surface area contributed by atoms with Gasteiger partial charge in [0, 0.05) is 63.8 Å². The average molecular weight is 382 g/mol. The number of anilines is 2. The Hall–Kier alpha value is -2.18. The van der Waals surface area contributed by atoms with Crippen molar-refractivity contribution in [2.45, 2.75) is 37.8 Å². The normalized spacial score (nSPS) is 19.8.